The Balaban J connectivity index is 2.38. The van der Waals surface area contributed by atoms with E-state index in [1.54, 1.807) is 0 Å². The molecule has 0 aliphatic carbocycles. The zero-order valence-electron chi connectivity index (χ0n) is 12.0. The molecule has 2 rings (SSSR count). The number of benzene rings is 1. The van der Waals surface area contributed by atoms with E-state index in [1.165, 1.54) is 22.3 Å². The molecule has 0 aliphatic rings. The Morgan fingerprint density at radius 2 is 1.72 bits per heavy atom. The monoisotopic (exact) mass is 242 g/mol. The van der Waals surface area contributed by atoms with Gasteiger partial charge < -0.3 is 4.98 Å². The second kappa shape index (κ2) is 4.60. The predicted octanol–water partition coefficient (Wildman–Crippen LogP) is 3.91. The lowest BCUT2D eigenvalue weighted by molar-refractivity contribution is 0.588. The quantitative estimate of drug-likeness (QED) is 0.849. The van der Waals surface area contributed by atoms with Crippen molar-refractivity contribution in [3.05, 3.63) is 52.6 Å². The molecule has 0 radical (unpaired) electrons. The van der Waals surface area contributed by atoms with Crippen LogP contribution >= 0.6 is 0 Å². The SMILES string of the molecule is Cc1cc(C(C)(C)C)cc(C)c1Cc1ncc[nH]1. The zero-order valence-corrected chi connectivity index (χ0v) is 12.0. The van der Waals surface area contributed by atoms with Crippen molar-refractivity contribution in [3.8, 4) is 0 Å². The van der Waals surface area contributed by atoms with Crippen molar-refractivity contribution in [2.24, 2.45) is 0 Å². The highest BCUT2D eigenvalue weighted by molar-refractivity contribution is 5.41. The summed E-state index contributed by atoms with van der Waals surface area (Å²) in [5.41, 5.74) is 5.71. The van der Waals surface area contributed by atoms with Gasteiger partial charge in [-0.3, -0.25) is 0 Å². The van der Waals surface area contributed by atoms with Gasteiger partial charge in [0.2, 0.25) is 0 Å². The first kappa shape index (κ1) is 12.9. The summed E-state index contributed by atoms with van der Waals surface area (Å²) in [6.45, 7) is 11.2. The molecule has 0 saturated carbocycles. The molecular formula is C16H22N2. The first-order valence-corrected chi connectivity index (χ1v) is 6.47. The van der Waals surface area contributed by atoms with Crippen molar-refractivity contribution < 1.29 is 0 Å². The van der Waals surface area contributed by atoms with Gasteiger partial charge in [-0.25, -0.2) is 4.98 Å². The minimum Gasteiger partial charge on any atom is -0.348 e. The second-order valence-electron chi connectivity index (χ2n) is 6.05. The van der Waals surface area contributed by atoms with E-state index in [4.69, 9.17) is 0 Å². The van der Waals surface area contributed by atoms with Crippen LogP contribution in [-0.2, 0) is 11.8 Å². The molecule has 0 aliphatic heterocycles. The Labute approximate surface area is 109 Å². The Hall–Kier alpha value is -1.57. The van der Waals surface area contributed by atoms with E-state index < -0.39 is 0 Å². The first-order chi connectivity index (χ1) is 8.38. The molecule has 1 heterocycles. The number of hydrogen-bond acceptors (Lipinski definition) is 1. The average molecular weight is 242 g/mol. The molecule has 1 N–H and O–H groups in total. The third kappa shape index (κ3) is 2.63. The summed E-state index contributed by atoms with van der Waals surface area (Å²) >= 11 is 0. The maximum Gasteiger partial charge on any atom is 0.110 e. The van der Waals surface area contributed by atoms with E-state index >= 15 is 0 Å². The molecule has 0 atom stereocenters. The second-order valence-corrected chi connectivity index (χ2v) is 6.05. The average Bonchev–Trinajstić information content (AvgIpc) is 2.74. The van der Waals surface area contributed by atoms with Crippen molar-refractivity contribution in [1.82, 2.24) is 9.97 Å². The third-order valence-electron chi connectivity index (χ3n) is 3.46. The number of aromatic nitrogens is 2. The lowest BCUT2D eigenvalue weighted by Crippen LogP contribution is -2.12. The van der Waals surface area contributed by atoms with Crippen LogP contribution in [0.25, 0.3) is 0 Å². The van der Waals surface area contributed by atoms with E-state index in [2.05, 4.69) is 56.7 Å². The highest BCUT2D eigenvalue weighted by Crippen LogP contribution is 2.27. The number of aromatic amines is 1. The fourth-order valence-electron chi connectivity index (χ4n) is 2.27. The largest absolute Gasteiger partial charge is 0.348 e. The molecule has 2 heteroatoms. The van der Waals surface area contributed by atoms with Gasteiger partial charge in [-0.2, -0.15) is 0 Å². The van der Waals surface area contributed by atoms with Gasteiger partial charge in [0.05, 0.1) is 0 Å². The van der Waals surface area contributed by atoms with Gasteiger partial charge >= 0.3 is 0 Å². The Morgan fingerprint density at radius 1 is 1.11 bits per heavy atom. The molecule has 0 unspecified atom stereocenters. The molecule has 2 nitrogen and oxygen atoms in total. The van der Waals surface area contributed by atoms with Gasteiger partial charge in [-0.15, -0.1) is 0 Å². The third-order valence-corrected chi connectivity index (χ3v) is 3.46. The van der Waals surface area contributed by atoms with Crippen LogP contribution in [0.1, 0.15) is 48.8 Å². The van der Waals surface area contributed by atoms with Crippen molar-refractivity contribution in [3.63, 3.8) is 0 Å². The van der Waals surface area contributed by atoms with Crippen molar-refractivity contribution >= 4 is 0 Å². The molecule has 18 heavy (non-hydrogen) atoms. The summed E-state index contributed by atoms with van der Waals surface area (Å²) in [4.78, 5) is 7.48. The Bertz CT molecular complexity index is 508. The topological polar surface area (TPSA) is 28.7 Å². The lowest BCUT2D eigenvalue weighted by Gasteiger charge is -2.22. The van der Waals surface area contributed by atoms with Crippen LogP contribution in [0.4, 0.5) is 0 Å². The molecule has 2 aromatic rings. The molecular weight excluding hydrogens is 220 g/mol. The van der Waals surface area contributed by atoms with Crippen LogP contribution < -0.4 is 0 Å². The molecule has 0 spiro atoms. The van der Waals surface area contributed by atoms with Gasteiger partial charge in [-0.1, -0.05) is 32.9 Å². The van der Waals surface area contributed by atoms with Crippen LogP contribution in [0.2, 0.25) is 0 Å². The molecule has 1 aromatic heterocycles. The van der Waals surface area contributed by atoms with Crippen LogP contribution in [0.5, 0.6) is 0 Å². The number of nitrogens with one attached hydrogen (secondary N) is 1. The van der Waals surface area contributed by atoms with E-state index in [0.29, 0.717) is 0 Å². The fourth-order valence-corrected chi connectivity index (χ4v) is 2.27. The fraction of sp³-hybridized carbons (Fsp3) is 0.438. The number of aryl methyl sites for hydroxylation is 2. The predicted molar refractivity (Wildman–Crippen MR) is 76.0 cm³/mol. The van der Waals surface area contributed by atoms with E-state index in [-0.39, 0.29) is 5.41 Å². The van der Waals surface area contributed by atoms with E-state index in [9.17, 15) is 0 Å². The van der Waals surface area contributed by atoms with Crippen LogP contribution in [0.15, 0.2) is 24.5 Å². The normalized spacial score (nSPS) is 11.8. The van der Waals surface area contributed by atoms with Crippen molar-refractivity contribution in [2.75, 3.05) is 0 Å². The number of rotatable bonds is 2. The number of imidazole rings is 1. The maximum atomic E-state index is 4.31. The van der Waals surface area contributed by atoms with Crippen LogP contribution in [-0.4, -0.2) is 9.97 Å². The molecule has 96 valence electrons. The number of H-pyrrole nitrogens is 1. The van der Waals surface area contributed by atoms with Gasteiger partial charge in [0.1, 0.15) is 5.82 Å². The lowest BCUT2D eigenvalue weighted by atomic mass is 9.83. The Kier molecular flexibility index (Phi) is 3.29. The van der Waals surface area contributed by atoms with E-state index in [0.717, 1.165) is 12.2 Å². The van der Waals surface area contributed by atoms with Crippen molar-refractivity contribution in [1.29, 1.82) is 0 Å². The smallest absolute Gasteiger partial charge is 0.110 e. The number of hydrogen-bond donors (Lipinski definition) is 1. The van der Waals surface area contributed by atoms with Crippen LogP contribution in [0, 0.1) is 13.8 Å². The summed E-state index contributed by atoms with van der Waals surface area (Å²) in [7, 11) is 0. The molecule has 0 fully saturated rings. The highest BCUT2D eigenvalue weighted by atomic mass is 14.9. The standard InChI is InChI=1S/C16H22N2/c1-11-8-13(16(3,4)5)9-12(2)14(11)10-15-17-6-7-18-15/h6-9H,10H2,1-5H3,(H,17,18). The summed E-state index contributed by atoms with van der Waals surface area (Å²) in [5.74, 6) is 1.03. The first-order valence-electron chi connectivity index (χ1n) is 6.47. The Morgan fingerprint density at radius 3 is 2.17 bits per heavy atom. The maximum absolute atomic E-state index is 4.31. The summed E-state index contributed by atoms with van der Waals surface area (Å²) in [5, 5.41) is 0. The summed E-state index contributed by atoms with van der Waals surface area (Å²) in [6.07, 6.45) is 4.57. The minimum atomic E-state index is 0.207. The van der Waals surface area contributed by atoms with Gasteiger partial charge in [0.15, 0.2) is 0 Å². The molecule has 0 bridgehead atoms. The van der Waals surface area contributed by atoms with Crippen LogP contribution in [0.3, 0.4) is 0 Å². The highest BCUT2D eigenvalue weighted by Gasteiger charge is 2.16. The van der Waals surface area contributed by atoms with Crippen molar-refractivity contribution in [2.45, 2.75) is 46.5 Å². The summed E-state index contributed by atoms with van der Waals surface area (Å²) < 4.78 is 0. The number of nitrogens with zero attached hydrogens (tertiary/aromatic N) is 1. The van der Waals surface area contributed by atoms with Gasteiger partial charge in [0.25, 0.3) is 0 Å². The van der Waals surface area contributed by atoms with Gasteiger partial charge in [-0.05, 0) is 41.5 Å². The van der Waals surface area contributed by atoms with Gasteiger partial charge in [0, 0.05) is 18.8 Å². The summed E-state index contributed by atoms with van der Waals surface area (Å²) in [6, 6.07) is 4.62. The minimum absolute atomic E-state index is 0.207. The molecule has 1 aromatic carbocycles. The molecule has 0 amide bonds. The molecule has 0 saturated heterocycles. The van der Waals surface area contributed by atoms with E-state index in [1.807, 2.05) is 12.4 Å². The zero-order chi connectivity index (χ0) is 13.3.